The quantitative estimate of drug-likeness (QED) is 0.851. The Balaban J connectivity index is 2.01. The summed E-state index contributed by atoms with van der Waals surface area (Å²) in [5.74, 6) is -1.12. The second-order valence-corrected chi connectivity index (χ2v) is 5.60. The number of aryl methyl sites for hydroxylation is 1. The van der Waals surface area contributed by atoms with Crippen molar-refractivity contribution >= 4 is 40.8 Å². The molecule has 2 rings (SSSR count). The number of anilines is 1. The van der Waals surface area contributed by atoms with Gasteiger partial charge in [0.25, 0.3) is 5.91 Å². The van der Waals surface area contributed by atoms with Crippen LogP contribution in [0, 0.1) is 6.92 Å². The molecule has 7 heteroatoms. The van der Waals surface area contributed by atoms with Gasteiger partial charge in [0.1, 0.15) is 5.75 Å². The molecule has 0 bridgehead atoms. The molecular weight excluding hydrogens is 341 g/mol. The third-order valence-corrected chi connectivity index (χ3v) is 3.43. The molecule has 0 fully saturated rings. The number of halogens is 2. The second kappa shape index (κ2) is 7.35. The summed E-state index contributed by atoms with van der Waals surface area (Å²) in [5.41, 5.74) is 1.17. The lowest BCUT2D eigenvalue weighted by Gasteiger charge is -2.12. The fourth-order valence-electron chi connectivity index (χ4n) is 1.94. The van der Waals surface area contributed by atoms with E-state index >= 15 is 0 Å². The highest BCUT2D eigenvalue weighted by molar-refractivity contribution is 6.35. The smallest absolute Gasteiger partial charge is 0.335 e. The van der Waals surface area contributed by atoms with Gasteiger partial charge in [-0.3, -0.25) is 4.79 Å². The predicted octanol–water partition coefficient (Wildman–Crippen LogP) is 4.02. The van der Waals surface area contributed by atoms with Gasteiger partial charge < -0.3 is 15.2 Å². The molecule has 0 atom stereocenters. The van der Waals surface area contributed by atoms with Crippen LogP contribution in [0.25, 0.3) is 0 Å². The minimum Gasteiger partial charge on any atom is -0.482 e. The van der Waals surface area contributed by atoms with Crippen LogP contribution in [-0.2, 0) is 4.79 Å². The molecular formula is C16H13Cl2NO4. The standard InChI is InChI=1S/C16H13Cl2NO4/c1-9-5-11(17)7-13(18)15(9)23-8-14(20)19-12-4-2-3-10(6-12)16(21)22/h2-7H,8H2,1H3,(H,19,20)(H,21,22). The second-order valence-electron chi connectivity index (χ2n) is 4.76. The number of benzene rings is 2. The lowest BCUT2D eigenvalue weighted by molar-refractivity contribution is -0.118. The monoisotopic (exact) mass is 353 g/mol. The van der Waals surface area contributed by atoms with Crippen LogP contribution in [-0.4, -0.2) is 23.6 Å². The number of carboxylic acid groups (broad SMARTS) is 1. The highest BCUT2D eigenvalue weighted by atomic mass is 35.5. The molecule has 0 heterocycles. The molecule has 2 aromatic rings. The van der Waals surface area contributed by atoms with E-state index in [-0.39, 0.29) is 12.2 Å². The molecule has 0 saturated carbocycles. The van der Waals surface area contributed by atoms with Gasteiger partial charge in [-0.05, 0) is 42.8 Å². The van der Waals surface area contributed by atoms with Crippen LogP contribution in [0.3, 0.4) is 0 Å². The Morgan fingerprint density at radius 3 is 2.61 bits per heavy atom. The number of ether oxygens (including phenoxy) is 1. The molecule has 23 heavy (non-hydrogen) atoms. The van der Waals surface area contributed by atoms with Crippen molar-refractivity contribution in [2.24, 2.45) is 0 Å². The Kier molecular flexibility index (Phi) is 5.47. The predicted molar refractivity (Wildman–Crippen MR) is 88.7 cm³/mol. The zero-order valence-electron chi connectivity index (χ0n) is 12.1. The lowest BCUT2D eigenvalue weighted by Crippen LogP contribution is -2.20. The molecule has 2 N–H and O–H groups in total. The first-order valence-corrected chi connectivity index (χ1v) is 7.34. The van der Waals surface area contributed by atoms with Crippen LogP contribution in [0.5, 0.6) is 5.75 Å². The normalized spacial score (nSPS) is 10.2. The van der Waals surface area contributed by atoms with Gasteiger partial charge in [-0.1, -0.05) is 29.3 Å². The Morgan fingerprint density at radius 1 is 1.22 bits per heavy atom. The van der Waals surface area contributed by atoms with Gasteiger partial charge >= 0.3 is 5.97 Å². The van der Waals surface area contributed by atoms with E-state index in [1.54, 1.807) is 25.1 Å². The van der Waals surface area contributed by atoms with Gasteiger partial charge in [0, 0.05) is 10.7 Å². The largest absolute Gasteiger partial charge is 0.482 e. The molecule has 0 aromatic heterocycles. The fourth-order valence-corrected chi connectivity index (χ4v) is 2.59. The maximum absolute atomic E-state index is 11.9. The summed E-state index contributed by atoms with van der Waals surface area (Å²) in [6.07, 6.45) is 0. The summed E-state index contributed by atoms with van der Waals surface area (Å²) in [6.45, 7) is 1.50. The molecule has 2 aromatic carbocycles. The highest BCUT2D eigenvalue weighted by Gasteiger charge is 2.11. The van der Waals surface area contributed by atoms with E-state index in [0.717, 1.165) is 0 Å². The van der Waals surface area contributed by atoms with Crippen LogP contribution in [0.1, 0.15) is 15.9 Å². The number of carbonyl (C=O) groups excluding carboxylic acids is 1. The van der Waals surface area contributed by atoms with Crippen molar-refractivity contribution in [3.05, 3.63) is 57.6 Å². The van der Waals surface area contributed by atoms with Crippen LogP contribution >= 0.6 is 23.2 Å². The van der Waals surface area contributed by atoms with Crippen molar-refractivity contribution in [1.82, 2.24) is 0 Å². The zero-order valence-corrected chi connectivity index (χ0v) is 13.6. The van der Waals surface area contributed by atoms with E-state index in [2.05, 4.69) is 5.32 Å². The summed E-state index contributed by atoms with van der Waals surface area (Å²) in [6, 6.07) is 9.13. The van der Waals surface area contributed by atoms with Crippen LogP contribution in [0.2, 0.25) is 10.0 Å². The summed E-state index contributed by atoms with van der Waals surface area (Å²) in [5, 5.41) is 12.3. The SMILES string of the molecule is Cc1cc(Cl)cc(Cl)c1OCC(=O)Nc1cccc(C(=O)O)c1. The topological polar surface area (TPSA) is 75.6 Å². The molecule has 120 valence electrons. The van der Waals surface area contributed by atoms with Gasteiger partial charge in [-0.25, -0.2) is 4.79 Å². The van der Waals surface area contributed by atoms with Gasteiger partial charge in [-0.15, -0.1) is 0 Å². The lowest BCUT2D eigenvalue weighted by atomic mass is 10.2. The minimum absolute atomic E-state index is 0.0836. The molecule has 5 nitrogen and oxygen atoms in total. The number of rotatable bonds is 5. The van der Waals surface area contributed by atoms with Crippen LogP contribution < -0.4 is 10.1 Å². The molecule has 0 aliphatic heterocycles. The van der Waals surface area contributed by atoms with Crippen LogP contribution in [0.4, 0.5) is 5.69 Å². The Morgan fingerprint density at radius 2 is 1.96 bits per heavy atom. The van der Waals surface area contributed by atoms with E-state index < -0.39 is 11.9 Å². The van der Waals surface area contributed by atoms with E-state index in [1.165, 1.54) is 18.2 Å². The van der Waals surface area contributed by atoms with Gasteiger partial charge in [0.15, 0.2) is 6.61 Å². The maximum Gasteiger partial charge on any atom is 0.335 e. The van der Waals surface area contributed by atoms with Crippen molar-refractivity contribution in [2.45, 2.75) is 6.92 Å². The summed E-state index contributed by atoms with van der Waals surface area (Å²) >= 11 is 11.9. The Hall–Kier alpha value is -2.24. The fraction of sp³-hybridized carbons (Fsp3) is 0.125. The Bertz CT molecular complexity index is 738. The van der Waals surface area contributed by atoms with Crippen molar-refractivity contribution in [2.75, 3.05) is 11.9 Å². The average Bonchev–Trinajstić information content (AvgIpc) is 2.46. The van der Waals surface area contributed by atoms with E-state index in [1.807, 2.05) is 0 Å². The van der Waals surface area contributed by atoms with Gasteiger partial charge in [-0.2, -0.15) is 0 Å². The Labute approximate surface area is 142 Å². The molecule has 0 saturated heterocycles. The average molecular weight is 354 g/mol. The maximum atomic E-state index is 11.9. The first kappa shape index (κ1) is 17.1. The van der Waals surface area contributed by atoms with E-state index in [0.29, 0.717) is 27.0 Å². The third-order valence-electron chi connectivity index (χ3n) is 2.93. The van der Waals surface area contributed by atoms with E-state index in [9.17, 15) is 9.59 Å². The van der Waals surface area contributed by atoms with Crippen LogP contribution in [0.15, 0.2) is 36.4 Å². The molecule has 0 spiro atoms. The van der Waals surface area contributed by atoms with Crippen molar-refractivity contribution in [3.63, 3.8) is 0 Å². The molecule has 0 aliphatic carbocycles. The van der Waals surface area contributed by atoms with Crippen molar-refractivity contribution in [1.29, 1.82) is 0 Å². The number of hydrogen-bond acceptors (Lipinski definition) is 3. The molecule has 0 unspecified atom stereocenters. The van der Waals surface area contributed by atoms with E-state index in [4.69, 9.17) is 33.0 Å². The zero-order chi connectivity index (χ0) is 17.0. The molecule has 1 amide bonds. The first-order valence-electron chi connectivity index (χ1n) is 6.58. The summed E-state index contributed by atoms with van der Waals surface area (Å²) in [7, 11) is 0. The highest BCUT2D eigenvalue weighted by Crippen LogP contribution is 2.31. The van der Waals surface area contributed by atoms with Crippen molar-refractivity contribution < 1.29 is 19.4 Å². The number of aromatic carboxylic acids is 1. The van der Waals surface area contributed by atoms with Crippen molar-refractivity contribution in [3.8, 4) is 5.75 Å². The van der Waals surface area contributed by atoms with Gasteiger partial charge in [0.2, 0.25) is 0 Å². The third kappa shape index (κ3) is 4.61. The number of carbonyl (C=O) groups is 2. The first-order chi connectivity index (χ1) is 10.9. The molecule has 0 aliphatic rings. The number of amides is 1. The van der Waals surface area contributed by atoms with Gasteiger partial charge in [0.05, 0.1) is 10.6 Å². The molecule has 0 radical (unpaired) electrons. The summed E-state index contributed by atoms with van der Waals surface area (Å²) < 4.78 is 5.42. The minimum atomic E-state index is -1.07. The number of nitrogens with one attached hydrogen (secondary N) is 1. The number of carboxylic acids is 1. The number of hydrogen-bond donors (Lipinski definition) is 2. The summed E-state index contributed by atoms with van der Waals surface area (Å²) in [4.78, 5) is 22.8.